The molecule has 0 aromatic heterocycles. The maximum absolute atomic E-state index is 13.1. The minimum Gasteiger partial charge on any atom is -0.368 e. The Kier molecular flexibility index (Phi) is 6.33. The lowest BCUT2D eigenvalue weighted by molar-refractivity contribution is -0.154. The van der Waals surface area contributed by atoms with Crippen LogP contribution in [0, 0.1) is 0 Å². The summed E-state index contributed by atoms with van der Waals surface area (Å²) >= 11 is 0. The second kappa shape index (κ2) is 8.46. The Labute approximate surface area is 144 Å². The second-order valence-corrected chi connectivity index (χ2v) is 6.06. The number of nitrogens with zero attached hydrogens (tertiary/aromatic N) is 1. The zero-order chi connectivity index (χ0) is 17.4. The van der Waals surface area contributed by atoms with Crippen LogP contribution in [0.25, 0.3) is 0 Å². The molecule has 0 spiro atoms. The first kappa shape index (κ1) is 18.0. The molecule has 0 N–H and O–H groups in total. The molecule has 3 heteroatoms. The minimum absolute atomic E-state index is 0.0300. The molecule has 0 saturated carbocycles. The van der Waals surface area contributed by atoms with E-state index in [9.17, 15) is 4.79 Å². The summed E-state index contributed by atoms with van der Waals surface area (Å²) in [4.78, 5) is 15.0. The molecule has 2 rings (SSSR count). The molecule has 1 unspecified atom stereocenters. The van der Waals surface area contributed by atoms with Crippen LogP contribution in [0.1, 0.15) is 24.5 Å². The average molecular weight is 323 g/mol. The topological polar surface area (TPSA) is 29.5 Å². The molecule has 0 aliphatic carbocycles. The number of benzene rings is 2. The number of ether oxygens (including phenoxy) is 1. The van der Waals surface area contributed by atoms with Gasteiger partial charge in [0.25, 0.3) is 5.91 Å². The lowest BCUT2D eigenvalue weighted by atomic mass is 9.99. The van der Waals surface area contributed by atoms with Crippen LogP contribution in [0.5, 0.6) is 0 Å². The Morgan fingerprint density at radius 2 is 1.50 bits per heavy atom. The van der Waals surface area contributed by atoms with Gasteiger partial charge < -0.3 is 9.64 Å². The number of hydrogen-bond acceptors (Lipinski definition) is 2. The molecule has 0 fully saturated rings. The molecule has 126 valence electrons. The van der Waals surface area contributed by atoms with Gasteiger partial charge in [0.1, 0.15) is 5.60 Å². The summed E-state index contributed by atoms with van der Waals surface area (Å²) in [5.74, 6) is -0.0300. The van der Waals surface area contributed by atoms with Gasteiger partial charge in [-0.05, 0) is 18.1 Å². The number of carbonyl (C=O) groups excluding carboxylic acids is 1. The van der Waals surface area contributed by atoms with Gasteiger partial charge in [0.15, 0.2) is 0 Å². The van der Waals surface area contributed by atoms with E-state index >= 15 is 0 Å². The van der Waals surface area contributed by atoms with E-state index in [0.29, 0.717) is 19.5 Å². The molecule has 24 heavy (non-hydrogen) atoms. The molecule has 0 aliphatic heterocycles. The third kappa shape index (κ3) is 4.56. The lowest BCUT2D eigenvalue weighted by Gasteiger charge is -2.33. The van der Waals surface area contributed by atoms with E-state index in [4.69, 9.17) is 4.74 Å². The van der Waals surface area contributed by atoms with Crippen LogP contribution < -0.4 is 0 Å². The first-order valence-corrected chi connectivity index (χ1v) is 8.12. The number of amides is 1. The minimum atomic E-state index is -0.898. The third-order valence-electron chi connectivity index (χ3n) is 4.16. The van der Waals surface area contributed by atoms with Crippen molar-refractivity contribution >= 4 is 5.91 Å². The van der Waals surface area contributed by atoms with Crippen molar-refractivity contribution < 1.29 is 9.53 Å². The Bertz CT molecular complexity index is 613. The van der Waals surface area contributed by atoms with Crippen molar-refractivity contribution in [3.8, 4) is 0 Å². The summed E-state index contributed by atoms with van der Waals surface area (Å²) in [5.41, 5.74) is 1.29. The zero-order valence-electron chi connectivity index (χ0n) is 14.4. The summed E-state index contributed by atoms with van der Waals surface area (Å²) in [6.07, 6.45) is 2.20. The fraction of sp³-hybridized carbons (Fsp3) is 0.286. The molecule has 0 bridgehead atoms. The molecule has 0 saturated heterocycles. The van der Waals surface area contributed by atoms with E-state index in [0.717, 1.165) is 11.1 Å². The van der Waals surface area contributed by atoms with Gasteiger partial charge in [-0.25, -0.2) is 0 Å². The van der Waals surface area contributed by atoms with Crippen molar-refractivity contribution in [1.82, 2.24) is 4.90 Å². The molecular weight excluding hydrogens is 298 g/mol. The van der Waals surface area contributed by atoms with Gasteiger partial charge in [-0.2, -0.15) is 0 Å². The lowest BCUT2D eigenvalue weighted by Crippen LogP contribution is -2.47. The van der Waals surface area contributed by atoms with Gasteiger partial charge in [-0.3, -0.25) is 4.79 Å². The van der Waals surface area contributed by atoms with Crippen LogP contribution in [0.4, 0.5) is 0 Å². The molecule has 0 radical (unpaired) electrons. The Morgan fingerprint density at radius 1 is 1.04 bits per heavy atom. The van der Waals surface area contributed by atoms with Crippen LogP contribution in [-0.4, -0.2) is 23.5 Å². The largest absolute Gasteiger partial charge is 0.368 e. The number of hydrogen-bond donors (Lipinski definition) is 0. The van der Waals surface area contributed by atoms with Crippen molar-refractivity contribution in [2.75, 3.05) is 7.11 Å². The van der Waals surface area contributed by atoms with Gasteiger partial charge in [-0.1, -0.05) is 66.7 Å². The van der Waals surface area contributed by atoms with Crippen molar-refractivity contribution in [1.29, 1.82) is 0 Å². The second-order valence-electron chi connectivity index (χ2n) is 6.06. The molecule has 0 heterocycles. The van der Waals surface area contributed by atoms with Crippen LogP contribution in [0.3, 0.4) is 0 Å². The summed E-state index contributed by atoms with van der Waals surface area (Å²) in [5, 5.41) is 0. The van der Waals surface area contributed by atoms with Crippen LogP contribution >= 0.6 is 0 Å². The zero-order valence-corrected chi connectivity index (χ0v) is 14.4. The van der Waals surface area contributed by atoms with Gasteiger partial charge in [0.05, 0.1) is 0 Å². The summed E-state index contributed by atoms with van der Waals surface area (Å²) in [6.45, 7) is 6.66. The molecule has 3 nitrogen and oxygen atoms in total. The van der Waals surface area contributed by atoms with Gasteiger partial charge >= 0.3 is 0 Å². The fourth-order valence-electron chi connectivity index (χ4n) is 2.67. The van der Waals surface area contributed by atoms with Crippen molar-refractivity contribution in [2.24, 2.45) is 0 Å². The molecule has 2 aromatic rings. The van der Waals surface area contributed by atoms with E-state index in [1.165, 1.54) is 0 Å². The highest BCUT2D eigenvalue weighted by atomic mass is 16.5. The highest BCUT2D eigenvalue weighted by molar-refractivity contribution is 5.85. The average Bonchev–Trinajstić information content (AvgIpc) is 2.62. The molecule has 1 amide bonds. The van der Waals surface area contributed by atoms with Crippen molar-refractivity contribution in [3.05, 3.63) is 84.4 Å². The number of carbonyl (C=O) groups is 1. The van der Waals surface area contributed by atoms with E-state index in [2.05, 4.69) is 6.58 Å². The smallest absolute Gasteiger partial charge is 0.255 e. The molecular formula is C21H25NO2. The maximum Gasteiger partial charge on any atom is 0.255 e. The van der Waals surface area contributed by atoms with Gasteiger partial charge in [0, 0.05) is 26.6 Å². The van der Waals surface area contributed by atoms with E-state index in [-0.39, 0.29) is 5.91 Å². The SMILES string of the molecule is C=CCC(C)(OC)C(=O)N(Cc1ccccc1)Cc1ccccc1. The highest BCUT2D eigenvalue weighted by Crippen LogP contribution is 2.22. The number of rotatable bonds is 8. The summed E-state index contributed by atoms with van der Waals surface area (Å²) in [7, 11) is 1.57. The predicted molar refractivity (Wildman–Crippen MR) is 97.4 cm³/mol. The fourth-order valence-corrected chi connectivity index (χ4v) is 2.67. The Balaban J connectivity index is 2.27. The standard InChI is InChI=1S/C21H25NO2/c1-4-15-21(2,24-3)20(23)22(16-18-11-7-5-8-12-18)17-19-13-9-6-10-14-19/h4-14H,1,15-17H2,2-3H3. The Hall–Kier alpha value is -2.39. The van der Waals surface area contributed by atoms with E-state index in [1.807, 2.05) is 72.5 Å². The molecule has 1 atom stereocenters. The molecule has 2 aromatic carbocycles. The van der Waals surface area contributed by atoms with Crippen molar-refractivity contribution in [2.45, 2.75) is 32.0 Å². The summed E-state index contributed by atoms with van der Waals surface area (Å²) < 4.78 is 5.53. The maximum atomic E-state index is 13.1. The van der Waals surface area contributed by atoms with Gasteiger partial charge in [0.2, 0.25) is 0 Å². The predicted octanol–water partition coefficient (Wildman–Crippen LogP) is 4.20. The first-order valence-electron chi connectivity index (χ1n) is 8.12. The quantitative estimate of drug-likeness (QED) is 0.682. The monoisotopic (exact) mass is 323 g/mol. The Morgan fingerprint density at radius 3 is 1.88 bits per heavy atom. The first-order chi connectivity index (χ1) is 11.6. The normalized spacial score (nSPS) is 13.1. The highest BCUT2D eigenvalue weighted by Gasteiger charge is 2.35. The van der Waals surface area contributed by atoms with Crippen LogP contribution in [0.2, 0.25) is 0 Å². The third-order valence-corrected chi connectivity index (χ3v) is 4.16. The summed E-state index contributed by atoms with van der Waals surface area (Å²) in [6, 6.07) is 20.0. The van der Waals surface area contributed by atoms with Crippen LogP contribution in [-0.2, 0) is 22.6 Å². The van der Waals surface area contributed by atoms with E-state index < -0.39 is 5.60 Å². The molecule has 0 aliphatic rings. The number of methoxy groups -OCH3 is 1. The van der Waals surface area contributed by atoms with Crippen molar-refractivity contribution in [3.63, 3.8) is 0 Å². The van der Waals surface area contributed by atoms with Crippen LogP contribution in [0.15, 0.2) is 73.3 Å². The van der Waals surface area contributed by atoms with Gasteiger partial charge in [-0.15, -0.1) is 6.58 Å². The van der Waals surface area contributed by atoms with E-state index in [1.54, 1.807) is 13.2 Å².